The van der Waals surface area contributed by atoms with Crippen LogP contribution in [0.5, 0.6) is 0 Å². The number of furan rings is 1. The summed E-state index contributed by atoms with van der Waals surface area (Å²) in [5.74, 6) is 0.612. The number of nitrogens with one attached hydrogen (secondary N) is 1. The van der Waals surface area contributed by atoms with Gasteiger partial charge in [0.1, 0.15) is 11.9 Å². The van der Waals surface area contributed by atoms with E-state index in [1.165, 1.54) is 0 Å². The van der Waals surface area contributed by atoms with Gasteiger partial charge in [-0.1, -0.05) is 0 Å². The molecule has 2 rings (SSSR count). The second-order valence-corrected chi connectivity index (χ2v) is 4.75. The highest BCUT2D eigenvalue weighted by atomic mass is 16.5. The Bertz CT molecular complexity index is 323. The van der Waals surface area contributed by atoms with E-state index in [9.17, 15) is 5.11 Å². The molecule has 0 aliphatic carbocycles. The standard InChI is InChI=1S/C13H22N2O3/c1-11(10-15-4-7-17-8-5-15)14-9-12(16)13-3-2-6-18-13/h2-3,6,11-12,14,16H,4-5,7-10H2,1H3. The van der Waals surface area contributed by atoms with Crippen LogP contribution in [0.4, 0.5) is 0 Å². The molecule has 0 bridgehead atoms. The van der Waals surface area contributed by atoms with Crippen molar-refractivity contribution in [2.45, 2.75) is 19.1 Å². The lowest BCUT2D eigenvalue weighted by Crippen LogP contribution is -2.45. The van der Waals surface area contributed by atoms with Gasteiger partial charge in [-0.25, -0.2) is 0 Å². The summed E-state index contributed by atoms with van der Waals surface area (Å²) < 4.78 is 10.5. The van der Waals surface area contributed by atoms with Crippen molar-refractivity contribution >= 4 is 0 Å². The van der Waals surface area contributed by atoms with E-state index >= 15 is 0 Å². The van der Waals surface area contributed by atoms with Crippen LogP contribution in [0.3, 0.4) is 0 Å². The molecule has 2 unspecified atom stereocenters. The van der Waals surface area contributed by atoms with Gasteiger partial charge < -0.3 is 19.6 Å². The summed E-state index contributed by atoms with van der Waals surface area (Å²) in [4.78, 5) is 2.38. The van der Waals surface area contributed by atoms with E-state index in [0.29, 0.717) is 18.3 Å². The molecule has 0 amide bonds. The van der Waals surface area contributed by atoms with Gasteiger partial charge in [-0.3, -0.25) is 4.90 Å². The van der Waals surface area contributed by atoms with E-state index in [1.54, 1.807) is 18.4 Å². The van der Waals surface area contributed by atoms with Crippen LogP contribution in [-0.2, 0) is 4.74 Å². The minimum atomic E-state index is -0.577. The van der Waals surface area contributed by atoms with Gasteiger partial charge in [0.25, 0.3) is 0 Å². The number of rotatable bonds is 6. The third-order valence-corrected chi connectivity index (χ3v) is 3.17. The second-order valence-electron chi connectivity index (χ2n) is 4.75. The number of hydrogen-bond acceptors (Lipinski definition) is 5. The zero-order chi connectivity index (χ0) is 12.8. The van der Waals surface area contributed by atoms with Crippen LogP contribution in [0.25, 0.3) is 0 Å². The summed E-state index contributed by atoms with van der Waals surface area (Å²) in [6.07, 6.45) is 1.00. The molecule has 1 aliphatic heterocycles. The Labute approximate surface area is 108 Å². The van der Waals surface area contributed by atoms with Crippen molar-refractivity contribution in [2.75, 3.05) is 39.4 Å². The summed E-state index contributed by atoms with van der Waals surface area (Å²) in [6.45, 7) is 7.25. The molecular weight excluding hydrogens is 232 g/mol. The van der Waals surface area contributed by atoms with Crippen LogP contribution in [0.15, 0.2) is 22.8 Å². The number of aliphatic hydroxyl groups excluding tert-OH is 1. The van der Waals surface area contributed by atoms with Crippen LogP contribution in [0.2, 0.25) is 0 Å². The molecular formula is C13H22N2O3. The molecule has 0 aromatic carbocycles. The highest BCUT2D eigenvalue weighted by molar-refractivity contribution is 5.02. The van der Waals surface area contributed by atoms with Gasteiger partial charge in [-0.2, -0.15) is 0 Å². The number of nitrogens with zero attached hydrogens (tertiary/aromatic N) is 1. The molecule has 1 aromatic heterocycles. The highest BCUT2D eigenvalue weighted by Crippen LogP contribution is 2.11. The van der Waals surface area contributed by atoms with Crippen molar-refractivity contribution in [3.63, 3.8) is 0 Å². The van der Waals surface area contributed by atoms with Crippen molar-refractivity contribution in [2.24, 2.45) is 0 Å². The number of ether oxygens (including phenoxy) is 1. The summed E-state index contributed by atoms with van der Waals surface area (Å²) >= 11 is 0. The third-order valence-electron chi connectivity index (χ3n) is 3.17. The molecule has 0 spiro atoms. The van der Waals surface area contributed by atoms with Crippen molar-refractivity contribution in [3.8, 4) is 0 Å². The van der Waals surface area contributed by atoms with Gasteiger partial charge >= 0.3 is 0 Å². The smallest absolute Gasteiger partial charge is 0.133 e. The van der Waals surface area contributed by atoms with Crippen LogP contribution in [0.1, 0.15) is 18.8 Å². The highest BCUT2D eigenvalue weighted by Gasteiger charge is 2.15. The van der Waals surface area contributed by atoms with E-state index in [2.05, 4.69) is 17.1 Å². The minimum Gasteiger partial charge on any atom is -0.467 e. The number of morpholine rings is 1. The molecule has 1 aliphatic rings. The molecule has 0 saturated carbocycles. The first-order valence-electron chi connectivity index (χ1n) is 6.50. The molecule has 5 heteroatoms. The predicted molar refractivity (Wildman–Crippen MR) is 68.4 cm³/mol. The summed E-state index contributed by atoms with van der Waals surface area (Å²) in [5, 5.41) is 13.2. The summed E-state index contributed by atoms with van der Waals surface area (Å²) in [6, 6.07) is 3.92. The predicted octanol–water partition coefficient (Wildman–Crippen LogP) is 0.623. The normalized spacial score (nSPS) is 20.8. The zero-order valence-electron chi connectivity index (χ0n) is 10.8. The van der Waals surface area contributed by atoms with Gasteiger partial charge in [0.05, 0.1) is 19.5 Å². The van der Waals surface area contributed by atoms with Crippen LogP contribution in [0, 0.1) is 0 Å². The number of hydrogen-bond donors (Lipinski definition) is 2. The molecule has 2 N–H and O–H groups in total. The lowest BCUT2D eigenvalue weighted by atomic mass is 10.2. The van der Waals surface area contributed by atoms with Crippen molar-refractivity contribution in [1.29, 1.82) is 0 Å². The van der Waals surface area contributed by atoms with Crippen molar-refractivity contribution < 1.29 is 14.3 Å². The maximum absolute atomic E-state index is 9.87. The van der Waals surface area contributed by atoms with Crippen molar-refractivity contribution in [3.05, 3.63) is 24.2 Å². The van der Waals surface area contributed by atoms with Gasteiger partial charge in [0, 0.05) is 32.2 Å². The first-order chi connectivity index (χ1) is 8.75. The van der Waals surface area contributed by atoms with Crippen LogP contribution >= 0.6 is 0 Å². The minimum absolute atomic E-state index is 0.340. The zero-order valence-corrected chi connectivity index (χ0v) is 10.8. The van der Waals surface area contributed by atoms with Gasteiger partial charge in [0.2, 0.25) is 0 Å². The van der Waals surface area contributed by atoms with E-state index in [0.717, 1.165) is 32.8 Å². The average molecular weight is 254 g/mol. The molecule has 0 radical (unpaired) electrons. The fourth-order valence-electron chi connectivity index (χ4n) is 2.13. The van der Waals surface area contributed by atoms with Gasteiger partial charge in [-0.15, -0.1) is 0 Å². The van der Waals surface area contributed by atoms with E-state index in [-0.39, 0.29) is 0 Å². The quantitative estimate of drug-likeness (QED) is 0.779. The SMILES string of the molecule is CC(CN1CCOCC1)NCC(O)c1ccco1. The fraction of sp³-hybridized carbons (Fsp3) is 0.692. The van der Waals surface area contributed by atoms with Gasteiger partial charge in [0.15, 0.2) is 0 Å². The van der Waals surface area contributed by atoms with E-state index in [4.69, 9.17) is 9.15 Å². The molecule has 2 heterocycles. The summed E-state index contributed by atoms with van der Waals surface area (Å²) in [7, 11) is 0. The molecule has 18 heavy (non-hydrogen) atoms. The van der Waals surface area contributed by atoms with Crippen LogP contribution in [-0.4, -0.2) is 55.4 Å². The maximum Gasteiger partial charge on any atom is 0.133 e. The molecule has 1 fully saturated rings. The lowest BCUT2D eigenvalue weighted by Gasteiger charge is -2.29. The topological polar surface area (TPSA) is 57.9 Å². The average Bonchev–Trinajstić information content (AvgIpc) is 2.91. The number of aliphatic hydroxyl groups is 1. The van der Waals surface area contributed by atoms with E-state index < -0.39 is 6.10 Å². The first kappa shape index (κ1) is 13.5. The molecule has 1 saturated heterocycles. The molecule has 102 valence electrons. The maximum atomic E-state index is 9.87. The van der Waals surface area contributed by atoms with Crippen molar-refractivity contribution in [1.82, 2.24) is 10.2 Å². The summed E-state index contributed by atoms with van der Waals surface area (Å²) in [5.41, 5.74) is 0. The van der Waals surface area contributed by atoms with E-state index in [1.807, 2.05) is 0 Å². The lowest BCUT2D eigenvalue weighted by molar-refractivity contribution is 0.0334. The third kappa shape index (κ3) is 4.10. The Hall–Kier alpha value is -0.880. The van der Waals surface area contributed by atoms with Gasteiger partial charge in [-0.05, 0) is 19.1 Å². The largest absolute Gasteiger partial charge is 0.467 e. The fourth-order valence-corrected chi connectivity index (χ4v) is 2.13. The first-order valence-corrected chi connectivity index (χ1v) is 6.50. The Morgan fingerprint density at radius 1 is 1.44 bits per heavy atom. The molecule has 1 aromatic rings. The monoisotopic (exact) mass is 254 g/mol. The Balaban J connectivity index is 1.66. The Morgan fingerprint density at radius 2 is 2.22 bits per heavy atom. The second kappa shape index (κ2) is 6.89. The van der Waals surface area contributed by atoms with Crippen LogP contribution < -0.4 is 5.32 Å². The molecule has 5 nitrogen and oxygen atoms in total. The Kier molecular flexibility index (Phi) is 5.19. The molecule has 2 atom stereocenters. The Morgan fingerprint density at radius 3 is 2.89 bits per heavy atom.